The topological polar surface area (TPSA) is 60.4 Å². The van der Waals surface area contributed by atoms with E-state index < -0.39 is 5.41 Å². The SMILES string of the molecule is CC(=O)S[C@@H]1CC2=CC(=O)C=C[C@]2(C)[C@H]2CC[C@]3(C)C(=O)OC[C@H]3[C@H]12. The van der Waals surface area contributed by atoms with E-state index in [1.165, 1.54) is 11.8 Å². The standard InChI is InChI=1S/C20H24O4S/c1-11(21)25-16-9-12-8-13(22)4-6-19(12,2)14-5-7-20(3)15(17(14)16)10-24-18(20)23/h4,6,8,14-17H,5,7,9-10H2,1-3H3/t14-,15-,16+,17+,19-,20-/m0/s1. The van der Waals surface area contributed by atoms with Gasteiger partial charge in [0, 0.05) is 23.5 Å². The summed E-state index contributed by atoms with van der Waals surface area (Å²) >= 11 is 1.38. The van der Waals surface area contributed by atoms with Crippen LogP contribution in [0, 0.1) is 28.6 Å². The fourth-order valence-electron chi connectivity index (χ4n) is 5.70. The van der Waals surface area contributed by atoms with Crippen LogP contribution in [0.2, 0.25) is 0 Å². The summed E-state index contributed by atoms with van der Waals surface area (Å²) in [6.45, 7) is 6.32. The highest BCUT2D eigenvalue weighted by Crippen LogP contribution is 2.63. The number of thioether (sulfide) groups is 1. The zero-order valence-corrected chi connectivity index (χ0v) is 15.7. The first-order valence-corrected chi connectivity index (χ1v) is 9.92. The number of allylic oxidation sites excluding steroid dienone is 4. The van der Waals surface area contributed by atoms with Crippen molar-refractivity contribution in [3.05, 3.63) is 23.8 Å². The Morgan fingerprint density at radius 3 is 2.76 bits per heavy atom. The lowest BCUT2D eigenvalue weighted by Gasteiger charge is -2.56. The van der Waals surface area contributed by atoms with Gasteiger partial charge in [-0.2, -0.15) is 0 Å². The van der Waals surface area contributed by atoms with Gasteiger partial charge in [0.15, 0.2) is 10.9 Å². The maximum Gasteiger partial charge on any atom is 0.312 e. The Morgan fingerprint density at radius 2 is 2.04 bits per heavy atom. The normalized spacial score (nSPS) is 45.2. The first-order valence-electron chi connectivity index (χ1n) is 9.04. The minimum absolute atomic E-state index is 0.0394. The largest absolute Gasteiger partial charge is 0.465 e. The first-order chi connectivity index (χ1) is 11.8. The number of hydrogen-bond donors (Lipinski definition) is 0. The Morgan fingerprint density at radius 1 is 1.28 bits per heavy atom. The summed E-state index contributed by atoms with van der Waals surface area (Å²) in [5.74, 6) is 0.696. The highest BCUT2D eigenvalue weighted by atomic mass is 32.2. The van der Waals surface area contributed by atoms with Crippen LogP contribution < -0.4 is 0 Å². The fourth-order valence-corrected chi connectivity index (χ4v) is 6.93. The molecule has 0 amide bonds. The van der Waals surface area contributed by atoms with Crippen LogP contribution in [0.15, 0.2) is 23.8 Å². The van der Waals surface area contributed by atoms with Crippen LogP contribution in [-0.4, -0.2) is 28.7 Å². The molecule has 4 rings (SSSR count). The lowest BCUT2D eigenvalue weighted by atomic mass is 9.48. The third kappa shape index (κ3) is 2.38. The van der Waals surface area contributed by atoms with Crippen LogP contribution >= 0.6 is 11.8 Å². The maximum atomic E-state index is 12.4. The van der Waals surface area contributed by atoms with Crippen molar-refractivity contribution in [2.75, 3.05) is 6.61 Å². The minimum Gasteiger partial charge on any atom is -0.465 e. The third-order valence-corrected chi connectivity index (χ3v) is 8.24. The van der Waals surface area contributed by atoms with E-state index in [9.17, 15) is 14.4 Å². The first kappa shape index (κ1) is 17.1. The molecule has 0 unspecified atom stereocenters. The molecule has 1 heterocycles. The number of esters is 1. The molecule has 0 N–H and O–H groups in total. The molecule has 134 valence electrons. The Labute approximate surface area is 152 Å². The van der Waals surface area contributed by atoms with Crippen molar-refractivity contribution in [2.45, 2.75) is 45.3 Å². The van der Waals surface area contributed by atoms with E-state index in [-0.39, 0.29) is 39.4 Å². The van der Waals surface area contributed by atoms with Crippen LogP contribution in [0.25, 0.3) is 0 Å². The van der Waals surface area contributed by atoms with Gasteiger partial charge in [-0.3, -0.25) is 14.4 Å². The number of hydrogen-bond acceptors (Lipinski definition) is 5. The molecular weight excluding hydrogens is 336 g/mol. The smallest absolute Gasteiger partial charge is 0.312 e. The van der Waals surface area contributed by atoms with Crippen LogP contribution in [-0.2, 0) is 19.1 Å². The van der Waals surface area contributed by atoms with E-state index in [2.05, 4.69) is 13.0 Å². The average Bonchev–Trinajstić information content (AvgIpc) is 2.84. The zero-order chi connectivity index (χ0) is 18.0. The second-order valence-corrected chi connectivity index (χ2v) is 9.80. The molecule has 4 nitrogen and oxygen atoms in total. The molecule has 0 aromatic heterocycles. The van der Waals surface area contributed by atoms with E-state index in [0.29, 0.717) is 12.5 Å². The van der Waals surface area contributed by atoms with E-state index in [1.807, 2.05) is 6.92 Å². The summed E-state index contributed by atoms with van der Waals surface area (Å²) in [5, 5.41) is 0.211. The van der Waals surface area contributed by atoms with Gasteiger partial charge in [-0.05, 0) is 50.2 Å². The summed E-state index contributed by atoms with van der Waals surface area (Å²) in [7, 11) is 0. The molecule has 3 fully saturated rings. The van der Waals surface area contributed by atoms with Crippen molar-refractivity contribution in [2.24, 2.45) is 28.6 Å². The second-order valence-electron chi connectivity index (χ2n) is 8.38. The number of ether oxygens (including phenoxy) is 1. The molecule has 1 aliphatic heterocycles. The fraction of sp³-hybridized carbons (Fsp3) is 0.650. The van der Waals surface area contributed by atoms with Gasteiger partial charge in [0.05, 0.1) is 12.0 Å². The molecule has 6 atom stereocenters. The van der Waals surface area contributed by atoms with E-state index >= 15 is 0 Å². The lowest BCUT2D eigenvalue weighted by Crippen LogP contribution is -2.54. The predicted octanol–water partition coefficient (Wildman–Crippen LogP) is 3.32. The third-order valence-electron chi connectivity index (χ3n) is 7.12. The summed E-state index contributed by atoms with van der Waals surface area (Å²) in [6.07, 6.45) is 8.00. The van der Waals surface area contributed by atoms with E-state index in [4.69, 9.17) is 4.74 Å². The Bertz CT molecular complexity index is 723. The van der Waals surface area contributed by atoms with Crippen LogP contribution in [0.4, 0.5) is 0 Å². The Hall–Kier alpha value is -1.36. The molecule has 4 aliphatic rings. The lowest BCUT2D eigenvalue weighted by molar-refractivity contribution is -0.148. The van der Waals surface area contributed by atoms with Crippen molar-refractivity contribution in [1.29, 1.82) is 0 Å². The number of fused-ring (bicyclic) bond motifs is 5. The van der Waals surface area contributed by atoms with Gasteiger partial charge < -0.3 is 4.74 Å². The van der Waals surface area contributed by atoms with Gasteiger partial charge in [-0.1, -0.05) is 30.3 Å². The molecule has 1 saturated heterocycles. The van der Waals surface area contributed by atoms with Gasteiger partial charge in [0.2, 0.25) is 0 Å². The van der Waals surface area contributed by atoms with Gasteiger partial charge >= 0.3 is 5.97 Å². The molecule has 0 bridgehead atoms. The van der Waals surface area contributed by atoms with E-state index in [0.717, 1.165) is 24.8 Å². The summed E-state index contributed by atoms with van der Waals surface area (Å²) in [5.41, 5.74) is 0.566. The van der Waals surface area contributed by atoms with Gasteiger partial charge in [-0.15, -0.1) is 0 Å². The number of carbonyl (C=O) groups is 3. The molecular formula is C20H24O4S. The van der Waals surface area contributed by atoms with Crippen molar-refractivity contribution in [3.63, 3.8) is 0 Å². The second kappa shape index (κ2) is 5.57. The molecule has 0 aromatic carbocycles. The van der Waals surface area contributed by atoms with Crippen molar-refractivity contribution in [3.8, 4) is 0 Å². The van der Waals surface area contributed by atoms with Crippen molar-refractivity contribution >= 4 is 28.6 Å². The molecule has 25 heavy (non-hydrogen) atoms. The van der Waals surface area contributed by atoms with Gasteiger partial charge in [-0.25, -0.2) is 0 Å². The quantitative estimate of drug-likeness (QED) is 0.672. The zero-order valence-electron chi connectivity index (χ0n) is 14.9. The molecule has 5 heteroatoms. The maximum absolute atomic E-state index is 12.4. The average molecular weight is 360 g/mol. The van der Waals surface area contributed by atoms with Crippen LogP contribution in [0.5, 0.6) is 0 Å². The number of cyclic esters (lactones) is 1. The van der Waals surface area contributed by atoms with Gasteiger partial charge in [0.25, 0.3) is 0 Å². The highest BCUT2D eigenvalue weighted by molar-refractivity contribution is 8.14. The minimum atomic E-state index is -0.428. The molecule has 0 aromatic rings. The van der Waals surface area contributed by atoms with Crippen LogP contribution in [0.1, 0.15) is 40.0 Å². The molecule has 0 radical (unpaired) electrons. The van der Waals surface area contributed by atoms with E-state index in [1.54, 1.807) is 19.1 Å². The number of carbonyl (C=O) groups excluding carboxylic acids is 3. The van der Waals surface area contributed by atoms with Crippen molar-refractivity contribution in [1.82, 2.24) is 0 Å². The van der Waals surface area contributed by atoms with Gasteiger partial charge in [0.1, 0.15) is 0 Å². The number of ketones is 1. The summed E-state index contributed by atoms with van der Waals surface area (Å²) in [4.78, 5) is 36.2. The Balaban J connectivity index is 1.78. The summed E-state index contributed by atoms with van der Waals surface area (Å²) in [6, 6.07) is 0. The predicted molar refractivity (Wildman–Crippen MR) is 95.8 cm³/mol. The summed E-state index contributed by atoms with van der Waals surface area (Å²) < 4.78 is 5.47. The monoisotopic (exact) mass is 360 g/mol. The molecule has 3 aliphatic carbocycles. The highest BCUT2D eigenvalue weighted by Gasteiger charge is 2.62. The van der Waals surface area contributed by atoms with Crippen molar-refractivity contribution < 1.29 is 19.1 Å². The Kier molecular flexibility index (Phi) is 3.80. The van der Waals surface area contributed by atoms with Crippen LogP contribution in [0.3, 0.4) is 0 Å². The number of rotatable bonds is 1. The molecule has 2 saturated carbocycles. The molecule has 0 spiro atoms.